The van der Waals surface area contributed by atoms with Gasteiger partial charge in [0, 0.05) is 19.3 Å². The number of rotatable bonds is 41. The Kier molecular flexibility index (Phi) is 43.6. The normalized spacial score (nSPS) is 12.8. The van der Waals surface area contributed by atoms with E-state index in [-0.39, 0.29) is 31.6 Å². The average molecular weight is 807 g/mol. The first-order valence-corrected chi connectivity index (χ1v) is 23.6. The third-order valence-corrected chi connectivity index (χ3v) is 9.70. The average Bonchev–Trinajstić information content (AvgIpc) is 3.22. The van der Waals surface area contributed by atoms with Crippen LogP contribution in [0, 0.1) is 0 Å². The summed E-state index contributed by atoms with van der Waals surface area (Å²) in [5.74, 6) is -1.05. The molecule has 6 heteroatoms. The first-order chi connectivity index (χ1) is 28.5. The van der Waals surface area contributed by atoms with Crippen LogP contribution in [0.15, 0.2) is 85.1 Å². The van der Waals surface area contributed by atoms with Crippen molar-refractivity contribution >= 4 is 17.9 Å². The summed E-state index contributed by atoms with van der Waals surface area (Å²) < 4.78 is 16.6. The Morgan fingerprint density at radius 2 is 0.741 bits per heavy atom. The van der Waals surface area contributed by atoms with E-state index in [4.69, 9.17) is 14.2 Å². The fourth-order valence-corrected chi connectivity index (χ4v) is 6.10. The first kappa shape index (κ1) is 54.6. The zero-order valence-electron chi connectivity index (χ0n) is 37.5. The number of esters is 3. The number of unbranched alkanes of at least 4 members (excludes halogenated alkanes) is 19. The molecular formula is C52H86O6. The molecule has 0 saturated heterocycles. The second kappa shape index (κ2) is 46.3. The highest BCUT2D eigenvalue weighted by molar-refractivity contribution is 5.71. The van der Waals surface area contributed by atoms with E-state index in [1.165, 1.54) is 83.5 Å². The minimum absolute atomic E-state index is 0.121. The molecule has 1 unspecified atom stereocenters. The molecule has 0 saturated carbocycles. The molecule has 1 atom stereocenters. The van der Waals surface area contributed by atoms with Gasteiger partial charge in [-0.1, -0.05) is 189 Å². The molecular weight excluding hydrogens is 721 g/mol. The fraction of sp³-hybridized carbons (Fsp3) is 0.673. The molecule has 0 aromatic carbocycles. The van der Waals surface area contributed by atoms with Crippen LogP contribution < -0.4 is 0 Å². The van der Waals surface area contributed by atoms with Crippen molar-refractivity contribution in [2.75, 3.05) is 13.2 Å². The van der Waals surface area contributed by atoms with Crippen LogP contribution in [-0.2, 0) is 28.6 Å². The number of hydrogen-bond donors (Lipinski definition) is 0. The van der Waals surface area contributed by atoms with Crippen LogP contribution in [0.3, 0.4) is 0 Å². The third-order valence-electron chi connectivity index (χ3n) is 9.70. The first-order valence-electron chi connectivity index (χ1n) is 23.6. The Morgan fingerprint density at radius 3 is 1.31 bits per heavy atom. The van der Waals surface area contributed by atoms with Crippen molar-refractivity contribution in [2.24, 2.45) is 0 Å². The van der Waals surface area contributed by atoms with Gasteiger partial charge in [-0.2, -0.15) is 0 Å². The van der Waals surface area contributed by atoms with Gasteiger partial charge >= 0.3 is 17.9 Å². The van der Waals surface area contributed by atoms with E-state index in [0.717, 1.165) is 70.6 Å². The molecule has 0 spiro atoms. The van der Waals surface area contributed by atoms with Crippen LogP contribution in [0.1, 0.15) is 207 Å². The van der Waals surface area contributed by atoms with Gasteiger partial charge in [-0.25, -0.2) is 0 Å². The van der Waals surface area contributed by atoms with E-state index in [1.807, 2.05) is 6.08 Å². The van der Waals surface area contributed by atoms with Crippen LogP contribution >= 0.6 is 0 Å². The van der Waals surface area contributed by atoms with Crippen molar-refractivity contribution in [1.29, 1.82) is 0 Å². The van der Waals surface area contributed by atoms with Crippen molar-refractivity contribution in [3.05, 3.63) is 85.1 Å². The van der Waals surface area contributed by atoms with Crippen LogP contribution in [0.5, 0.6) is 0 Å². The standard InChI is InChI=1S/C52H86O6/c1-4-7-10-13-16-19-21-23-24-25-26-27-29-30-33-36-39-42-45-51(54)57-48-49(47-56-50(53)44-41-38-35-32-18-15-12-9-6-3)58-52(55)46-43-40-37-34-31-28-22-20-17-14-11-8-5-2/h16,19,21,23-28,31-32,35,37,40,49H,4-15,17-18,20,22,29-30,33-34,36,38-39,41-48H2,1-3H3/b19-16-,23-21-,25-24-,27-26-,31-28-,35-32-,40-37-. The monoisotopic (exact) mass is 807 g/mol. The molecule has 0 aliphatic heterocycles. The topological polar surface area (TPSA) is 78.9 Å². The maximum absolute atomic E-state index is 12.7. The summed E-state index contributed by atoms with van der Waals surface area (Å²) in [6, 6.07) is 0. The summed E-state index contributed by atoms with van der Waals surface area (Å²) >= 11 is 0. The Labute approximate surface area is 356 Å². The van der Waals surface area contributed by atoms with Gasteiger partial charge in [0.1, 0.15) is 13.2 Å². The van der Waals surface area contributed by atoms with Gasteiger partial charge in [-0.3, -0.25) is 14.4 Å². The molecule has 0 aromatic rings. The number of carbonyl (C=O) groups excluding carboxylic acids is 3. The van der Waals surface area contributed by atoms with Crippen LogP contribution in [0.25, 0.3) is 0 Å². The summed E-state index contributed by atoms with van der Waals surface area (Å²) in [6.45, 7) is 6.44. The van der Waals surface area contributed by atoms with Crippen molar-refractivity contribution in [2.45, 2.75) is 213 Å². The Morgan fingerprint density at radius 1 is 0.362 bits per heavy atom. The number of carbonyl (C=O) groups is 3. The zero-order chi connectivity index (χ0) is 42.3. The lowest BCUT2D eigenvalue weighted by molar-refractivity contribution is -0.166. The second-order valence-corrected chi connectivity index (χ2v) is 15.4. The van der Waals surface area contributed by atoms with Gasteiger partial charge in [0.05, 0.1) is 0 Å². The van der Waals surface area contributed by atoms with E-state index in [9.17, 15) is 14.4 Å². The molecule has 0 aliphatic rings. The molecule has 0 rings (SSSR count). The number of hydrogen-bond acceptors (Lipinski definition) is 6. The van der Waals surface area contributed by atoms with Crippen molar-refractivity contribution in [3.63, 3.8) is 0 Å². The maximum Gasteiger partial charge on any atom is 0.306 e. The molecule has 0 aromatic heterocycles. The van der Waals surface area contributed by atoms with E-state index in [0.29, 0.717) is 25.7 Å². The van der Waals surface area contributed by atoms with Gasteiger partial charge in [0.25, 0.3) is 0 Å². The molecule has 0 fully saturated rings. The van der Waals surface area contributed by atoms with Crippen LogP contribution in [-0.4, -0.2) is 37.2 Å². The Balaban J connectivity index is 4.49. The minimum atomic E-state index is -0.826. The van der Waals surface area contributed by atoms with Gasteiger partial charge in [-0.15, -0.1) is 0 Å². The third kappa shape index (κ3) is 43.7. The predicted molar refractivity (Wildman–Crippen MR) is 247 cm³/mol. The lowest BCUT2D eigenvalue weighted by Gasteiger charge is -2.18. The number of allylic oxidation sites excluding steroid dienone is 14. The van der Waals surface area contributed by atoms with Crippen molar-refractivity contribution in [1.82, 2.24) is 0 Å². The molecule has 0 N–H and O–H groups in total. The summed E-state index contributed by atoms with van der Waals surface area (Å²) in [7, 11) is 0. The fourth-order valence-electron chi connectivity index (χ4n) is 6.10. The molecule has 0 radical (unpaired) electrons. The highest BCUT2D eigenvalue weighted by Crippen LogP contribution is 2.11. The zero-order valence-corrected chi connectivity index (χ0v) is 37.5. The number of ether oxygens (including phenoxy) is 3. The summed E-state index contributed by atoms with van der Waals surface area (Å²) in [4.78, 5) is 37.7. The lowest BCUT2D eigenvalue weighted by atomic mass is 10.1. The lowest BCUT2D eigenvalue weighted by Crippen LogP contribution is -2.30. The van der Waals surface area contributed by atoms with E-state index in [1.54, 1.807) is 0 Å². The smallest absolute Gasteiger partial charge is 0.306 e. The molecule has 0 bridgehead atoms. The maximum atomic E-state index is 12.7. The molecule has 6 nitrogen and oxygen atoms in total. The van der Waals surface area contributed by atoms with Crippen LogP contribution in [0.4, 0.5) is 0 Å². The second-order valence-electron chi connectivity index (χ2n) is 15.4. The highest BCUT2D eigenvalue weighted by Gasteiger charge is 2.19. The largest absolute Gasteiger partial charge is 0.462 e. The van der Waals surface area contributed by atoms with Crippen molar-refractivity contribution in [3.8, 4) is 0 Å². The molecule has 0 amide bonds. The Bertz CT molecular complexity index is 1160. The summed E-state index contributed by atoms with van der Waals surface area (Å²) in [6.07, 6.45) is 58.7. The highest BCUT2D eigenvalue weighted by atomic mass is 16.6. The SMILES string of the molecule is CCCCC\C=C/C=C\C=C/C=C\CCCCCCCC(=O)OCC(COC(=O)CCC/C=C\CCCCCC)OC(=O)CC/C=C\C/C=C\CCCCCCCC. The minimum Gasteiger partial charge on any atom is -0.462 e. The van der Waals surface area contributed by atoms with E-state index >= 15 is 0 Å². The molecule has 58 heavy (non-hydrogen) atoms. The van der Waals surface area contributed by atoms with E-state index < -0.39 is 12.1 Å². The van der Waals surface area contributed by atoms with Crippen molar-refractivity contribution < 1.29 is 28.6 Å². The van der Waals surface area contributed by atoms with Gasteiger partial charge < -0.3 is 14.2 Å². The van der Waals surface area contributed by atoms with Gasteiger partial charge in [0.2, 0.25) is 0 Å². The Hall–Kier alpha value is -3.41. The summed E-state index contributed by atoms with van der Waals surface area (Å²) in [5, 5.41) is 0. The molecule has 330 valence electrons. The van der Waals surface area contributed by atoms with Gasteiger partial charge in [0.15, 0.2) is 6.10 Å². The van der Waals surface area contributed by atoms with Gasteiger partial charge in [-0.05, 0) is 83.5 Å². The molecule has 0 heterocycles. The quantitative estimate of drug-likeness (QED) is 0.0201. The predicted octanol–water partition coefficient (Wildman–Crippen LogP) is 15.3. The van der Waals surface area contributed by atoms with E-state index in [2.05, 4.69) is 99.8 Å². The molecule has 0 aliphatic carbocycles. The summed E-state index contributed by atoms with van der Waals surface area (Å²) in [5.41, 5.74) is 0. The van der Waals surface area contributed by atoms with Crippen LogP contribution in [0.2, 0.25) is 0 Å².